The average Bonchev–Trinajstić information content (AvgIpc) is 2.44. The SMILES string of the molecule is CC(C)C1CN2CCCCC2CN1C1CCCS(=O)(=O)C1. The van der Waals surface area contributed by atoms with Gasteiger partial charge in [0.1, 0.15) is 0 Å². The van der Waals surface area contributed by atoms with Crippen LogP contribution in [0.15, 0.2) is 0 Å². The Bertz CT molecular complexity index is 463. The number of fused-ring (bicyclic) bond motifs is 1. The van der Waals surface area contributed by atoms with Crippen LogP contribution in [0.3, 0.4) is 0 Å². The number of nitrogens with zero attached hydrogens (tertiary/aromatic N) is 2. The lowest BCUT2D eigenvalue weighted by Gasteiger charge is -2.52. The van der Waals surface area contributed by atoms with Gasteiger partial charge in [0.2, 0.25) is 0 Å². The van der Waals surface area contributed by atoms with Crippen molar-refractivity contribution in [3.8, 4) is 0 Å². The summed E-state index contributed by atoms with van der Waals surface area (Å²) >= 11 is 0. The monoisotopic (exact) mass is 314 g/mol. The van der Waals surface area contributed by atoms with Crippen LogP contribution in [-0.4, -0.2) is 67.5 Å². The van der Waals surface area contributed by atoms with Crippen molar-refractivity contribution < 1.29 is 8.42 Å². The lowest BCUT2D eigenvalue weighted by Crippen LogP contribution is -2.64. The summed E-state index contributed by atoms with van der Waals surface area (Å²) < 4.78 is 24.1. The summed E-state index contributed by atoms with van der Waals surface area (Å²) in [6.45, 7) is 8.05. The zero-order valence-corrected chi connectivity index (χ0v) is 14.3. The molecule has 0 amide bonds. The minimum Gasteiger partial charge on any atom is -0.298 e. The summed E-state index contributed by atoms with van der Waals surface area (Å²) in [4.78, 5) is 5.25. The van der Waals surface area contributed by atoms with Crippen molar-refractivity contribution in [1.29, 1.82) is 0 Å². The van der Waals surface area contributed by atoms with Crippen LogP contribution in [0.1, 0.15) is 46.0 Å². The first kappa shape index (κ1) is 15.8. The summed E-state index contributed by atoms with van der Waals surface area (Å²) in [5.74, 6) is 1.39. The summed E-state index contributed by atoms with van der Waals surface area (Å²) in [6, 6.07) is 1.45. The van der Waals surface area contributed by atoms with E-state index in [9.17, 15) is 8.42 Å². The van der Waals surface area contributed by atoms with Crippen LogP contribution in [0.25, 0.3) is 0 Å². The second kappa shape index (κ2) is 6.17. The highest BCUT2D eigenvalue weighted by Gasteiger charge is 2.41. The second-order valence-corrected chi connectivity index (χ2v) is 9.79. The van der Waals surface area contributed by atoms with Gasteiger partial charge in [0.25, 0.3) is 0 Å². The average molecular weight is 314 g/mol. The predicted octanol–water partition coefficient (Wildman–Crippen LogP) is 1.76. The Morgan fingerprint density at radius 3 is 2.48 bits per heavy atom. The largest absolute Gasteiger partial charge is 0.298 e. The molecule has 3 saturated heterocycles. The van der Waals surface area contributed by atoms with Gasteiger partial charge in [0.05, 0.1) is 11.5 Å². The Morgan fingerprint density at radius 1 is 1.00 bits per heavy atom. The molecule has 3 aliphatic rings. The smallest absolute Gasteiger partial charge is 0.151 e. The number of piperidine rings is 1. The second-order valence-electron chi connectivity index (χ2n) is 7.56. The maximum Gasteiger partial charge on any atom is 0.151 e. The normalized spacial score (nSPS) is 38.3. The fourth-order valence-corrected chi connectivity index (χ4v) is 6.22. The first-order chi connectivity index (χ1) is 9.96. The predicted molar refractivity (Wildman–Crippen MR) is 86.2 cm³/mol. The van der Waals surface area contributed by atoms with E-state index >= 15 is 0 Å². The van der Waals surface area contributed by atoms with Gasteiger partial charge in [-0.15, -0.1) is 0 Å². The van der Waals surface area contributed by atoms with Gasteiger partial charge in [-0.05, 0) is 38.1 Å². The van der Waals surface area contributed by atoms with Gasteiger partial charge < -0.3 is 0 Å². The van der Waals surface area contributed by atoms with E-state index in [2.05, 4.69) is 23.6 Å². The maximum atomic E-state index is 12.0. The van der Waals surface area contributed by atoms with Crippen LogP contribution < -0.4 is 0 Å². The van der Waals surface area contributed by atoms with E-state index < -0.39 is 9.84 Å². The molecule has 3 atom stereocenters. The molecule has 3 unspecified atom stereocenters. The summed E-state index contributed by atoms with van der Waals surface area (Å²) in [7, 11) is -2.81. The van der Waals surface area contributed by atoms with E-state index in [-0.39, 0.29) is 6.04 Å². The lowest BCUT2D eigenvalue weighted by molar-refractivity contribution is -0.0279. The topological polar surface area (TPSA) is 40.6 Å². The number of rotatable bonds is 2. The Morgan fingerprint density at radius 2 is 1.76 bits per heavy atom. The van der Waals surface area contributed by atoms with Crippen LogP contribution in [-0.2, 0) is 9.84 Å². The van der Waals surface area contributed by atoms with Crippen molar-refractivity contribution in [2.75, 3.05) is 31.1 Å². The Balaban J connectivity index is 1.77. The Labute approximate surface area is 129 Å². The van der Waals surface area contributed by atoms with Gasteiger partial charge in [-0.1, -0.05) is 20.3 Å². The third-order valence-corrected chi connectivity index (χ3v) is 7.50. The van der Waals surface area contributed by atoms with Gasteiger partial charge in [-0.2, -0.15) is 0 Å². The number of sulfone groups is 1. The van der Waals surface area contributed by atoms with Crippen LogP contribution in [0.5, 0.6) is 0 Å². The standard InChI is InChI=1S/C16H30N2O2S/c1-13(2)16-11-17-8-4-3-6-14(17)10-18(16)15-7-5-9-21(19,20)12-15/h13-16H,3-12H2,1-2H3. The fourth-order valence-electron chi connectivity index (χ4n) is 4.50. The molecule has 5 heteroatoms. The minimum absolute atomic E-state index is 0.264. The molecular formula is C16H30N2O2S. The van der Waals surface area contributed by atoms with Crippen LogP contribution >= 0.6 is 0 Å². The molecule has 0 aliphatic carbocycles. The van der Waals surface area contributed by atoms with Crippen molar-refractivity contribution in [2.45, 2.75) is 64.1 Å². The molecule has 122 valence electrons. The molecule has 4 nitrogen and oxygen atoms in total. The molecule has 3 fully saturated rings. The third kappa shape index (κ3) is 3.45. The van der Waals surface area contributed by atoms with Crippen LogP contribution in [0.2, 0.25) is 0 Å². The molecule has 3 aliphatic heterocycles. The van der Waals surface area contributed by atoms with Gasteiger partial charge in [-0.3, -0.25) is 9.80 Å². The summed E-state index contributed by atoms with van der Waals surface area (Å²) in [6.07, 6.45) is 5.88. The van der Waals surface area contributed by atoms with Gasteiger partial charge in [0.15, 0.2) is 9.84 Å². The molecule has 0 N–H and O–H groups in total. The molecular weight excluding hydrogens is 284 g/mol. The molecule has 0 aromatic rings. The van der Waals surface area contributed by atoms with Crippen LogP contribution in [0.4, 0.5) is 0 Å². The Hall–Kier alpha value is -0.130. The highest BCUT2D eigenvalue weighted by molar-refractivity contribution is 7.91. The van der Waals surface area contributed by atoms with Crippen molar-refractivity contribution >= 4 is 9.84 Å². The number of hydrogen-bond donors (Lipinski definition) is 0. The molecule has 0 aromatic heterocycles. The Kier molecular flexibility index (Phi) is 4.63. The van der Waals surface area contributed by atoms with E-state index in [1.165, 1.54) is 25.8 Å². The molecule has 3 rings (SSSR count). The third-order valence-electron chi connectivity index (χ3n) is 5.70. The van der Waals surface area contributed by atoms with Crippen molar-refractivity contribution in [2.24, 2.45) is 5.92 Å². The van der Waals surface area contributed by atoms with E-state index in [1.807, 2.05) is 0 Å². The number of hydrogen-bond acceptors (Lipinski definition) is 4. The maximum absolute atomic E-state index is 12.0. The highest BCUT2D eigenvalue weighted by atomic mass is 32.2. The zero-order valence-electron chi connectivity index (χ0n) is 13.5. The van der Waals surface area contributed by atoms with E-state index in [4.69, 9.17) is 0 Å². The fraction of sp³-hybridized carbons (Fsp3) is 1.00. The molecule has 3 heterocycles. The molecule has 0 radical (unpaired) electrons. The minimum atomic E-state index is -2.81. The molecule has 0 saturated carbocycles. The van der Waals surface area contributed by atoms with Crippen molar-refractivity contribution in [3.63, 3.8) is 0 Å². The van der Waals surface area contributed by atoms with Gasteiger partial charge >= 0.3 is 0 Å². The number of piperazine rings is 1. The first-order valence-electron chi connectivity index (χ1n) is 8.66. The highest BCUT2D eigenvalue weighted by Crippen LogP contribution is 2.31. The van der Waals surface area contributed by atoms with E-state index in [1.54, 1.807) is 0 Å². The van der Waals surface area contributed by atoms with Gasteiger partial charge in [0, 0.05) is 31.2 Å². The summed E-state index contributed by atoms with van der Waals surface area (Å²) in [5, 5.41) is 0. The molecule has 0 bridgehead atoms. The van der Waals surface area contributed by atoms with E-state index in [0.29, 0.717) is 29.5 Å². The van der Waals surface area contributed by atoms with Gasteiger partial charge in [-0.25, -0.2) is 8.42 Å². The van der Waals surface area contributed by atoms with Crippen molar-refractivity contribution in [3.05, 3.63) is 0 Å². The quantitative estimate of drug-likeness (QED) is 0.779. The molecule has 0 spiro atoms. The lowest BCUT2D eigenvalue weighted by atomic mass is 9.90. The zero-order chi connectivity index (χ0) is 15.0. The molecule has 0 aromatic carbocycles. The summed E-state index contributed by atoms with van der Waals surface area (Å²) in [5.41, 5.74) is 0. The van der Waals surface area contributed by atoms with Crippen LogP contribution in [0, 0.1) is 5.92 Å². The molecule has 21 heavy (non-hydrogen) atoms. The van der Waals surface area contributed by atoms with E-state index in [0.717, 1.165) is 25.9 Å². The first-order valence-corrected chi connectivity index (χ1v) is 10.5. The van der Waals surface area contributed by atoms with Crippen molar-refractivity contribution in [1.82, 2.24) is 9.80 Å².